The summed E-state index contributed by atoms with van der Waals surface area (Å²) in [6, 6.07) is 13.5. The third-order valence-electron chi connectivity index (χ3n) is 5.74. The van der Waals surface area contributed by atoms with Crippen LogP contribution in [0, 0.1) is 5.82 Å². The van der Waals surface area contributed by atoms with E-state index < -0.39 is 21.7 Å². The highest BCUT2D eigenvalue weighted by atomic mass is 32.2. The van der Waals surface area contributed by atoms with Crippen LogP contribution in [0.4, 0.5) is 20.6 Å². The number of aromatic nitrogens is 3. The lowest BCUT2D eigenvalue weighted by atomic mass is 9.96. The Morgan fingerprint density at radius 1 is 1.00 bits per heavy atom. The zero-order valence-corrected chi connectivity index (χ0v) is 21.8. The molecule has 0 aliphatic carbocycles. The lowest BCUT2D eigenvalue weighted by molar-refractivity contribution is 0.262. The fourth-order valence-electron chi connectivity index (χ4n) is 3.66. The number of carbonyl (C=O) groups excluding carboxylic acids is 1. The minimum atomic E-state index is -3.35. The number of anilines is 2. The van der Waals surface area contributed by atoms with E-state index in [0.29, 0.717) is 22.9 Å². The number of H-pyrrole nitrogens is 1. The Balaban J connectivity index is 1.62. The largest absolute Gasteiger partial charge is 0.341 e. The van der Waals surface area contributed by atoms with Crippen LogP contribution in [-0.2, 0) is 15.3 Å². The Morgan fingerprint density at radius 2 is 1.68 bits per heavy atom. The molecule has 0 aliphatic rings. The molecule has 0 radical (unpaired) electrons. The predicted molar refractivity (Wildman–Crippen MR) is 143 cm³/mol. The van der Waals surface area contributed by atoms with Crippen molar-refractivity contribution in [2.75, 3.05) is 16.4 Å². The molecule has 0 fully saturated rings. The van der Waals surface area contributed by atoms with Crippen LogP contribution in [-0.4, -0.2) is 35.2 Å². The first-order chi connectivity index (χ1) is 17.5. The quantitative estimate of drug-likeness (QED) is 0.287. The second-order valence-electron chi connectivity index (χ2n) is 9.47. The molecular formula is C27H28FN5O3S. The molecule has 192 valence electrons. The Morgan fingerprint density at radius 3 is 2.30 bits per heavy atom. The number of nitrogens with zero attached hydrogens (tertiary/aromatic N) is 2. The van der Waals surface area contributed by atoms with E-state index in [0.717, 1.165) is 5.56 Å². The molecule has 0 saturated heterocycles. The summed E-state index contributed by atoms with van der Waals surface area (Å²) in [6.45, 7) is 7.59. The van der Waals surface area contributed by atoms with Crippen LogP contribution in [0.2, 0.25) is 0 Å². The normalized spacial score (nSPS) is 11.8. The highest BCUT2D eigenvalue weighted by Crippen LogP contribution is 2.36. The summed E-state index contributed by atoms with van der Waals surface area (Å²) < 4.78 is 39.7. The van der Waals surface area contributed by atoms with Gasteiger partial charge in [0.05, 0.1) is 27.7 Å². The number of urea groups is 1. The number of halogens is 1. The number of hydrogen-bond donors (Lipinski definition) is 3. The maximum absolute atomic E-state index is 15.7. The van der Waals surface area contributed by atoms with Gasteiger partial charge in [0.1, 0.15) is 5.82 Å². The molecule has 0 bridgehead atoms. The topological polar surface area (TPSA) is 117 Å². The summed E-state index contributed by atoms with van der Waals surface area (Å²) in [5.41, 5.74) is 2.13. The van der Waals surface area contributed by atoms with E-state index in [9.17, 15) is 13.2 Å². The molecular weight excluding hydrogens is 493 g/mol. The van der Waals surface area contributed by atoms with Crippen LogP contribution in [0.3, 0.4) is 0 Å². The molecule has 4 rings (SSSR count). The number of aromatic amines is 1. The molecule has 3 N–H and O–H groups in total. The van der Waals surface area contributed by atoms with E-state index in [-0.39, 0.29) is 27.3 Å². The zero-order valence-electron chi connectivity index (χ0n) is 21.0. The molecule has 4 aromatic rings. The van der Waals surface area contributed by atoms with E-state index in [1.165, 1.54) is 30.3 Å². The summed E-state index contributed by atoms with van der Waals surface area (Å²) in [5, 5.41) is 5.12. The lowest BCUT2D eigenvalue weighted by Gasteiger charge is -2.14. The SMILES string of the molecule is CCS(=O)(=O)c1ccc(NC(=O)Nc2cccc(-c3nc(C(C)(C)C)[nH]c3-c3ccncc3)c2F)cc1. The lowest BCUT2D eigenvalue weighted by Crippen LogP contribution is -2.20. The molecule has 8 nitrogen and oxygen atoms in total. The number of carbonyl (C=O) groups is 1. The number of pyridine rings is 1. The third kappa shape index (κ3) is 5.69. The van der Waals surface area contributed by atoms with Gasteiger partial charge in [-0.15, -0.1) is 0 Å². The van der Waals surface area contributed by atoms with Crippen LogP contribution in [0.5, 0.6) is 0 Å². The molecule has 10 heteroatoms. The predicted octanol–water partition coefficient (Wildman–Crippen LogP) is 6.01. The summed E-state index contributed by atoms with van der Waals surface area (Å²) >= 11 is 0. The number of amides is 2. The average Bonchev–Trinajstić information content (AvgIpc) is 3.32. The van der Waals surface area contributed by atoms with Gasteiger partial charge in [-0.2, -0.15) is 0 Å². The molecule has 0 atom stereocenters. The van der Waals surface area contributed by atoms with Gasteiger partial charge in [0, 0.05) is 34.6 Å². The Bertz CT molecular complexity index is 1530. The molecule has 2 heterocycles. The molecule has 2 amide bonds. The van der Waals surface area contributed by atoms with Crippen LogP contribution in [0.15, 0.2) is 71.9 Å². The number of benzene rings is 2. The van der Waals surface area contributed by atoms with Crippen molar-refractivity contribution in [1.82, 2.24) is 15.0 Å². The maximum atomic E-state index is 15.7. The molecule has 0 saturated carbocycles. The fraction of sp³-hybridized carbons (Fsp3) is 0.222. The Hall–Kier alpha value is -4.05. The second-order valence-corrected chi connectivity index (χ2v) is 11.7. The smallest absolute Gasteiger partial charge is 0.323 e. The van der Waals surface area contributed by atoms with E-state index in [1.807, 2.05) is 32.9 Å². The summed E-state index contributed by atoms with van der Waals surface area (Å²) in [6.07, 6.45) is 3.30. The minimum Gasteiger partial charge on any atom is -0.341 e. The number of imidazole rings is 1. The van der Waals surface area contributed by atoms with Crippen molar-refractivity contribution in [3.8, 4) is 22.5 Å². The van der Waals surface area contributed by atoms with Crippen molar-refractivity contribution in [3.63, 3.8) is 0 Å². The molecule has 0 aliphatic heterocycles. The molecule has 2 aromatic carbocycles. The van der Waals surface area contributed by atoms with Gasteiger partial charge in [0.2, 0.25) is 0 Å². The number of sulfone groups is 1. The van der Waals surface area contributed by atoms with Gasteiger partial charge < -0.3 is 15.6 Å². The molecule has 0 spiro atoms. The van der Waals surface area contributed by atoms with Crippen molar-refractivity contribution < 1.29 is 17.6 Å². The minimum absolute atomic E-state index is 0.0218. The van der Waals surface area contributed by atoms with Crippen molar-refractivity contribution in [3.05, 3.63) is 78.6 Å². The van der Waals surface area contributed by atoms with Gasteiger partial charge in [-0.25, -0.2) is 22.6 Å². The second kappa shape index (κ2) is 10.1. The van der Waals surface area contributed by atoms with Crippen molar-refractivity contribution in [2.45, 2.75) is 38.0 Å². The van der Waals surface area contributed by atoms with Crippen molar-refractivity contribution >= 4 is 27.2 Å². The number of nitrogens with one attached hydrogen (secondary N) is 3. The fourth-order valence-corrected chi connectivity index (χ4v) is 4.54. The Kier molecular flexibility index (Phi) is 7.13. The standard InChI is InChI=1S/C27H28FN5O3S/c1-5-37(35,36)19-11-9-18(10-12-19)30-26(34)31-21-8-6-7-20(22(21)28)24-23(17-13-15-29-16-14-17)32-25(33-24)27(2,3)4/h6-16H,5H2,1-4H3,(H,32,33)(H2,30,31,34). The van der Waals surface area contributed by atoms with E-state index in [1.54, 1.807) is 31.5 Å². The highest BCUT2D eigenvalue weighted by Gasteiger charge is 2.25. The van der Waals surface area contributed by atoms with Gasteiger partial charge in [0.15, 0.2) is 15.7 Å². The van der Waals surface area contributed by atoms with Crippen LogP contribution in [0.1, 0.15) is 33.5 Å². The van der Waals surface area contributed by atoms with Gasteiger partial charge in [0.25, 0.3) is 0 Å². The zero-order chi connectivity index (χ0) is 26.8. The third-order valence-corrected chi connectivity index (χ3v) is 7.49. The van der Waals surface area contributed by atoms with Gasteiger partial charge in [-0.1, -0.05) is 33.8 Å². The molecule has 0 unspecified atom stereocenters. The molecule has 37 heavy (non-hydrogen) atoms. The van der Waals surface area contributed by atoms with Gasteiger partial charge in [-0.3, -0.25) is 4.98 Å². The van der Waals surface area contributed by atoms with Gasteiger partial charge >= 0.3 is 6.03 Å². The number of rotatable bonds is 6. The first-order valence-corrected chi connectivity index (χ1v) is 13.4. The van der Waals surface area contributed by atoms with E-state index in [4.69, 9.17) is 4.98 Å². The average molecular weight is 522 g/mol. The number of hydrogen-bond acceptors (Lipinski definition) is 5. The van der Waals surface area contributed by atoms with Crippen LogP contribution >= 0.6 is 0 Å². The van der Waals surface area contributed by atoms with E-state index in [2.05, 4.69) is 20.6 Å². The molecule has 2 aromatic heterocycles. The summed E-state index contributed by atoms with van der Waals surface area (Å²) in [7, 11) is -3.35. The monoisotopic (exact) mass is 521 g/mol. The summed E-state index contributed by atoms with van der Waals surface area (Å²) in [5.74, 6) is 0.0362. The van der Waals surface area contributed by atoms with Crippen molar-refractivity contribution in [1.29, 1.82) is 0 Å². The van der Waals surface area contributed by atoms with Crippen LogP contribution < -0.4 is 10.6 Å². The maximum Gasteiger partial charge on any atom is 0.323 e. The summed E-state index contributed by atoms with van der Waals surface area (Å²) in [4.78, 5) is 24.9. The van der Waals surface area contributed by atoms with Gasteiger partial charge in [-0.05, 0) is 48.5 Å². The first-order valence-electron chi connectivity index (χ1n) is 11.7. The van der Waals surface area contributed by atoms with Crippen LogP contribution in [0.25, 0.3) is 22.5 Å². The van der Waals surface area contributed by atoms with E-state index >= 15 is 4.39 Å². The first kappa shape index (κ1) is 26.0. The Labute approximate surface area is 215 Å². The highest BCUT2D eigenvalue weighted by molar-refractivity contribution is 7.91. The van der Waals surface area contributed by atoms with Crippen molar-refractivity contribution in [2.24, 2.45) is 0 Å².